The van der Waals surface area contributed by atoms with Crippen LogP contribution in [0.15, 0.2) is 48.8 Å². The zero-order valence-electron chi connectivity index (χ0n) is 17.7. The molecule has 1 aliphatic heterocycles. The number of hydrogen-bond donors (Lipinski definition) is 0. The highest BCUT2D eigenvalue weighted by molar-refractivity contribution is 5.91. The molecule has 0 spiro atoms. The zero-order valence-corrected chi connectivity index (χ0v) is 17.7. The number of pyridine rings is 2. The van der Waals surface area contributed by atoms with E-state index in [9.17, 15) is 8.78 Å². The molecule has 162 valence electrons. The van der Waals surface area contributed by atoms with Crippen molar-refractivity contribution in [1.82, 2.24) is 19.9 Å². The van der Waals surface area contributed by atoms with E-state index in [1.807, 2.05) is 32.0 Å². The van der Waals surface area contributed by atoms with Gasteiger partial charge in [0.25, 0.3) is 0 Å². The minimum atomic E-state index is -0.689. The number of hydrogen-bond acceptors (Lipinski definition) is 6. The van der Waals surface area contributed by atoms with Gasteiger partial charge in [-0.2, -0.15) is 0 Å². The SMILES string of the molecule is Cc1cc(C2CN(c3cc4nc(C)cnc4c(-c4ccc(F)cc4F)n3)CCO2)ccn1. The maximum atomic E-state index is 14.7. The van der Waals surface area contributed by atoms with Gasteiger partial charge in [0, 0.05) is 48.9 Å². The van der Waals surface area contributed by atoms with Crippen LogP contribution in [-0.4, -0.2) is 39.6 Å². The van der Waals surface area contributed by atoms with Gasteiger partial charge in [0.2, 0.25) is 0 Å². The van der Waals surface area contributed by atoms with E-state index in [-0.39, 0.29) is 11.7 Å². The van der Waals surface area contributed by atoms with E-state index >= 15 is 0 Å². The Kier molecular flexibility index (Phi) is 5.22. The summed E-state index contributed by atoms with van der Waals surface area (Å²) < 4.78 is 34.2. The summed E-state index contributed by atoms with van der Waals surface area (Å²) in [7, 11) is 0. The van der Waals surface area contributed by atoms with E-state index in [1.165, 1.54) is 12.1 Å². The fraction of sp³-hybridized carbons (Fsp3) is 0.250. The van der Waals surface area contributed by atoms with E-state index in [0.29, 0.717) is 42.2 Å². The molecule has 0 bridgehead atoms. The number of fused-ring (bicyclic) bond motifs is 1. The van der Waals surface area contributed by atoms with Gasteiger partial charge >= 0.3 is 0 Å². The monoisotopic (exact) mass is 433 g/mol. The first-order valence-electron chi connectivity index (χ1n) is 10.4. The molecule has 1 fully saturated rings. The lowest BCUT2D eigenvalue weighted by atomic mass is 10.1. The molecule has 0 aliphatic carbocycles. The average Bonchev–Trinajstić information content (AvgIpc) is 2.78. The number of halogens is 2. The third kappa shape index (κ3) is 3.89. The van der Waals surface area contributed by atoms with E-state index in [0.717, 1.165) is 23.0 Å². The lowest BCUT2D eigenvalue weighted by Crippen LogP contribution is -2.39. The zero-order chi connectivity index (χ0) is 22.2. The number of benzene rings is 1. The lowest BCUT2D eigenvalue weighted by molar-refractivity contribution is 0.0394. The summed E-state index contributed by atoms with van der Waals surface area (Å²) in [6.07, 6.45) is 3.25. The third-order valence-corrected chi connectivity index (χ3v) is 5.51. The predicted octanol–water partition coefficient (Wildman–Crippen LogP) is 4.56. The van der Waals surface area contributed by atoms with E-state index in [2.05, 4.69) is 19.9 Å². The first kappa shape index (κ1) is 20.4. The molecule has 5 rings (SSSR count). The molecule has 0 saturated carbocycles. The number of ether oxygens (including phenoxy) is 1. The van der Waals surface area contributed by atoms with Crippen LogP contribution in [0.2, 0.25) is 0 Å². The second-order valence-corrected chi connectivity index (χ2v) is 7.87. The summed E-state index contributed by atoms with van der Waals surface area (Å²) in [6.45, 7) is 5.52. The molecule has 1 saturated heterocycles. The predicted molar refractivity (Wildman–Crippen MR) is 117 cm³/mol. The highest BCUT2D eigenvalue weighted by atomic mass is 19.1. The molecule has 1 aromatic carbocycles. The normalized spacial score (nSPS) is 16.5. The van der Waals surface area contributed by atoms with Crippen molar-refractivity contribution in [3.05, 3.63) is 77.4 Å². The third-order valence-electron chi connectivity index (χ3n) is 5.51. The van der Waals surface area contributed by atoms with Gasteiger partial charge in [-0.25, -0.2) is 18.7 Å². The van der Waals surface area contributed by atoms with Gasteiger partial charge in [0.05, 0.1) is 17.8 Å². The van der Waals surface area contributed by atoms with Crippen LogP contribution in [0.25, 0.3) is 22.3 Å². The summed E-state index contributed by atoms with van der Waals surface area (Å²) in [4.78, 5) is 20.1. The molecule has 1 atom stereocenters. The van der Waals surface area contributed by atoms with Crippen LogP contribution >= 0.6 is 0 Å². The Labute approximate surface area is 183 Å². The molecular formula is C24H21F2N5O. The molecule has 8 heteroatoms. The molecule has 1 unspecified atom stereocenters. The fourth-order valence-corrected chi connectivity index (χ4v) is 3.96. The fourth-order valence-electron chi connectivity index (χ4n) is 3.96. The van der Waals surface area contributed by atoms with Gasteiger partial charge in [0.1, 0.15) is 34.8 Å². The number of aryl methyl sites for hydroxylation is 2. The second kappa shape index (κ2) is 8.20. The van der Waals surface area contributed by atoms with Crippen LogP contribution in [0, 0.1) is 25.5 Å². The van der Waals surface area contributed by atoms with E-state index in [1.54, 1.807) is 12.4 Å². The Morgan fingerprint density at radius 3 is 2.69 bits per heavy atom. The second-order valence-electron chi connectivity index (χ2n) is 7.87. The molecule has 32 heavy (non-hydrogen) atoms. The van der Waals surface area contributed by atoms with Crippen molar-refractivity contribution in [2.75, 3.05) is 24.6 Å². The first-order valence-corrected chi connectivity index (χ1v) is 10.4. The van der Waals surface area contributed by atoms with Gasteiger partial charge in [0.15, 0.2) is 0 Å². The van der Waals surface area contributed by atoms with E-state index in [4.69, 9.17) is 9.72 Å². The number of rotatable bonds is 3. The van der Waals surface area contributed by atoms with Crippen LogP contribution < -0.4 is 4.90 Å². The number of morpholine rings is 1. The quantitative estimate of drug-likeness (QED) is 0.472. The Hall–Kier alpha value is -3.52. The molecule has 4 heterocycles. The van der Waals surface area contributed by atoms with Crippen molar-refractivity contribution in [2.45, 2.75) is 20.0 Å². The minimum absolute atomic E-state index is 0.141. The molecule has 1 aliphatic rings. The van der Waals surface area contributed by atoms with Crippen molar-refractivity contribution in [2.24, 2.45) is 0 Å². The molecule has 0 radical (unpaired) electrons. The van der Waals surface area contributed by atoms with Crippen LogP contribution in [0.1, 0.15) is 23.1 Å². The first-order chi connectivity index (χ1) is 15.5. The summed E-state index contributed by atoms with van der Waals surface area (Å²) in [5, 5.41) is 0. The highest BCUT2D eigenvalue weighted by Crippen LogP contribution is 2.32. The number of anilines is 1. The maximum Gasteiger partial charge on any atom is 0.135 e. The van der Waals surface area contributed by atoms with Gasteiger partial charge < -0.3 is 9.64 Å². The van der Waals surface area contributed by atoms with Crippen LogP contribution in [0.3, 0.4) is 0 Å². The Morgan fingerprint density at radius 1 is 1.00 bits per heavy atom. The van der Waals surface area contributed by atoms with Crippen molar-refractivity contribution in [1.29, 1.82) is 0 Å². The van der Waals surface area contributed by atoms with Crippen molar-refractivity contribution in [3.63, 3.8) is 0 Å². The summed E-state index contributed by atoms with van der Waals surface area (Å²) in [6, 6.07) is 9.28. The topological polar surface area (TPSA) is 64.0 Å². The van der Waals surface area contributed by atoms with Crippen molar-refractivity contribution in [3.8, 4) is 11.3 Å². The van der Waals surface area contributed by atoms with Crippen LogP contribution in [-0.2, 0) is 4.74 Å². The highest BCUT2D eigenvalue weighted by Gasteiger charge is 2.25. The molecule has 6 nitrogen and oxygen atoms in total. The van der Waals surface area contributed by atoms with Gasteiger partial charge in [-0.05, 0) is 43.7 Å². The molecule has 4 aromatic rings. The minimum Gasteiger partial charge on any atom is -0.370 e. The standard InChI is InChI=1S/C24H21F2N5O/c1-14-9-16(5-6-27-14)21-13-31(7-8-32-21)22-11-20-24(28-12-15(2)29-20)23(30-22)18-4-3-17(25)10-19(18)26/h3-6,9-12,21H,7-8,13H2,1-2H3. The Balaban J connectivity index is 1.59. The van der Waals surface area contributed by atoms with Gasteiger partial charge in [-0.3, -0.25) is 9.97 Å². The maximum absolute atomic E-state index is 14.7. The van der Waals surface area contributed by atoms with Crippen molar-refractivity contribution >= 4 is 16.9 Å². The average molecular weight is 433 g/mol. The van der Waals surface area contributed by atoms with E-state index < -0.39 is 11.6 Å². The Morgan fingerprint density at radius 2 is 1.88 bits per heavy atom. The number of aromatic nitrogens is 4. The van der Waals surface area contributed by atoms with Crippen LogP contribution in [0.4, 0.5) is 14.6 Å². The summed E-state index contributed by atoms with van der Waals surface area (Å²) in [5.41, 5.74) is 4.31. The van der Waals surface area contributed by atoms with Gasteiger partial charge in [-0.15, -0.1) is 0 Å². The van der Waals surface area contributed by atoms with Crippen molar-refractivity contribution < 1.29 is 13.5 Å². The molecular weight excluding hydrogens is 412 g/mol. The Bertz CT molecular complexity index is 1310. The summed E-state index contributed by atoms with van der Waals surface area (Å²) >= 11 is 0. The lowest BCUT2D eigenvalue weighted by Gasteiger charge is -2.34. The number of nitrogens with zero attached hydrogens (tertiary/aromatic N) is 5. The largest absolute Gasteiger partial charge is 0.370 e. The van der Waals surface area contributed by atoms with Crippen LogP contribution in [0.5, 0.6) is 0 Å². The molecule has 3 aromatic heterocycles. The molecule has 0 amide bonds. The smallest absolute Gasteiger partial charge is 0.135 e. The molecule has 0 N–H and O–H groups in total. The summed E-state index contributed by atoms with van der Waals surface area (Å²) in [5.74, 6) is -0.682. The van der Waals surface area contributed by atoms with Gasteiger partial charge in [-0.1, -0.05) is 0 Å².